The molecule has 3 aromatic rings. The van der Waals surface area contributed by atoms with E-state index in [2.05, 4.69) is 35.3 Å². The van der Waals surface area contributed by atoms with Gasteiger partial charge in [0.2, 0.25) is 5.90 Å². The first-order valence-electron chi connectivity index (χ1n) is 8.83. The van der Waals surface area contributed by atoms with Crippen molar-refractivity contribution >= 4 is 28.7 Å². The average Bonchev–Trinajstić information content (AvgIpc) is 3.23. The Kier molecular flexibility index (Phi) is 3.29. The van der Waals surface area contributed by atoms with Gasteiger partial charge in [-0.1, -0.05) is 48.5 Å². The molecular formula is C23H17NO2. The minimum atomic E-state index is -0.387. The van der Waals surface area contributed by atoms with E-state index < -0.39 is 0 Å². The molecule has 1 aliphatic heterocycles. The second kappa shape index (κ2) is 5.67. The van der Waals surface area contributed by atoms with Crippen molar-refractivity contribution in [1.82, 2.24) is 0 Å². The van der Waals surface area contributed by atoms with Crippen LogP contribution >= 0.6 is 0 Å². The minimum Gasteiger partial charge on any atom is -0.402 e. The van der Waals surface area contributed by atoms with Crippen LogP contribution in [0.1, 0.15) is 27.8 Å². The first-order valence-corrected chi connectivity index (χ1v) is 8.83. The van der Waals surface area contributed by atoms with Gasteiger partial charge in [0.25, 0.3) is 0 Å². The van der Waals surface area contributed by atoms with Gasteiger partial charge in [0.15, 0.2) is 5.70 Å². The van der Waals surface area contributed by atoms with Crippen molar-refractivity contribution in [1.29, 1.82) is 0 Å². The highest BCUT2D eigenvalue weighted by Crippen LogP contribution is 2.34. The van der Waals surface area contributed by atoms with Crippen LogP contribution in [0.2, 0.25) is 0 Å². The molecule has 0 atom stereocenters. The maximum atomic E-state index is 12.3. The van der Waals surface area contributed by atoms with E-state index in [9.17, 15) is 4.79 Å². The molecule has 1 aliphatic carbocycles. The Bertz CT molecular complexity index is 1140. The van der Waals surface area contributed by atoms with Crippen molar-refractivity contribution in [3.05, 3.63) is 88.1 Å². The van der Waals surface area contributed by atoms with Crippen LogP contribution in [0, 0.1) is 6.92 Å². The number of hydrogen-bond donors (Lipinski definition) is 0. The molecule has 26 heavy (non-hydrogen) atoms. The summed E-state index contributed by atoms with van der Waals surface area (Å²) in [5, 5.41) is 2.59. The van der Waals surface area contributed by atoms with E-state index in [-0.39, 0.29) is 5.97 Å². The second-order valence-electron chi connectivity index (χ2n) is 6.80. The number of ether oxygens (including phenoxy) is 1. The van der Waals surface area contributed by atoms with Crippen molar-refractivity contribution < 1.29 is 9.53 Å². The molecule has 0 bridgehead atoms. The van der Waals surface area contributed by atoms with Crippen molar-refractivity contribution in [3.8, 4) is 0 Å². The molecule has 0 unspecified atom stereocenters. The predicted octanol–water partition coefficient (Wildman–Crippen LogP) is 4.59. The molecule has 0 radical (unpaired) electrons. The largest absolute Gasteiger partial charge is 0.402 e. The summed E-state index contributed by atoms with van der Waals surface area (Å²) in [7, 11) is 0. The zero-order valence-corrected chi connectivity index (χ0v) is 14.5. The van der Waals surface area contributed by atoms with Gasteiger partial charge in [-0.15, -0.1) is 0 Å². The summed E-state index contributed by atoms with van der Waals surface area (Å²) in [6, 6.07) is 18.4. The van der Waals surface area contributed by atoms with Gasteiger partial charge in [-0.3, -0.25) is 0 Å². The Labute approximate surface area is 151 Å². The van der Waals surface area contributed by atoms with Gasteiger partial charge in [-0.25, -0.2) is 9.79 Å². The van der Waals surface area contributed by atoms with Gasteiger partial charge in [0.05, 0.1) is 0 Å². The Hall–Kier alpha value is -3.20. The molecule has 0 spiro atoms. The smallest absolute Gasteiger partial charge is 0.363 e. The first-order chi connectivity index (χ1) is 12.7. The van der Waals surface area contributed by atoms with Crippen molar-refractivity contribution in [2.45, 2.75) is 19.8 Å². The zero-order valence-electron chi connectivity index (χ0n) is 14.5. The third kappa shape index (κ3) is 2.28. The van der Waals surface area contributed by atoms with Crippen molar-refractivity contribution in [2.24, 2.45) is 4.99 Å². The zero-order chi connectivity index (χ0) is 17.7. The van der Waals surface area contributed by atoms with Crippen LogP contribution in [0.15, 0.2) is 65.3 Å². The lowest BCUT2D eigenvalue weighted by atomic mass is 9.99. The van der Waals surface area contributed by atoms with Gasteiger partial charge >= 0.3 is 5.97 Å². The summed E-state index contributed by atoms with van der Waals surface area (Å²) >= 11 is 0. The molecular weight excluding hydrogens is 322 g/mol. The van der Waals surface area contributed by atoms with E-state index in [0.29, 0.717) is 11.6 Å². The van der Waals surface area contributed by atoms with Gasteiger partial charge in [-0.2, -0.15) is 0 Å². The molecule has 2 aliphatic rings. The lowest BCUT2D eigenvalue weighted by Crippen LogP contribution is -2.06. The van der Waals surface area contributed by atoms with Crippen LogP contribution in [-0.2, 0) is 22.4 Å². The number of cyclic esters (lactones) is 1. The number of hydrogen-bond acceptors (Lipinski definition) is 3. The van der Waals surface area contributed by atoms with Gasteiger partial charge in [0.1, 0.15) is 0 Å². The average molecular weight is 339 g/mol. The predicted molar refractivity (Wildman–Crippen MR) is 103 cm³/mol. The Morgan fingerprint density at radius 3 is 2.77 bits per heavy atom. The van der Waals surface area contributed by atoms with Crippen molar-refractivity contribution in [3.63, 3.8) is 0 Å². The summed E-state index contributed by atoms with van der Waals surface area (Å²) in [5.41, 5.74) is 6.00. The minimum absolute atomic E-state index is 0.364. The summed E-state index contributed by atoms with van der Waals surface area (Å²) in [6.45, 7) is 1.98. The quantitative estimate of drug-likeness (QED) is 0.506. The summed E-state index contributed by atoms with van der Waals surface area (Å²) in [6.07, 6.45) is 3.92. The molecule has 126 valence electrons. The third-order valence-corrected chi connectivity index (χ3v) is 5.21. The molecule has 0 saturated carbocycles. The lowest BCUT2D eigenvalue weighted by Gasteiger charge is -2.05. The maximum Gasteiger partial charge on any atom is 0.363 e. The van der Waals surface area contributed by atoms with Crippen LogP contribution in [0.3, 0.4) is 0 Å². The third-order valence-electron chi connectivity index (χ3n) is 5.21. The first kappa shape index (κ1) is 15.1. The Morgan fingerprint density at radius 2 is 1.88 bits per heavy atom. The fraction of sp³-hybridized carbons (Fsp3) is 0.130. The number of nitrogens with zero attached hydrogens (tertiary/aromatic N) is 1. The summed E-state index contributed by atoms with van der Waals surface area (Å²) in [4.78, 5) is 16.8. The lowest BCUT2D eigenvalue weighted by molar-refractivity contribution is -0.129. The Morgan fingerprint density at radius 1 is 1.00 bits per heavy atom. The number of carbonyl (C=O) groups is 1. The Balaban J connectivity index is 1.61. The highest BCUT2D eigenvalue weighted by Gasteiger charge is 2.26. The topological polar surface area (TPSA) is 38.7 Å². The molecule has 3 aromatic carbocycles. The number of aliphatic imine (C=N–C) groups is 1. The van der Waals surface area contributed by atoms with Crippen molar-refractivity contribution in [2.75, 3.05) is 0 Å². The summed E-state index contributed by atoms with van der Waals surface area (Å²) in [5.74, 6) is -0.000850. The monoisotopic (exact) mass is 339 g/mol. The van der Waals surface area contributed by atoms with E-state index in [1.165, 1.54) is 21.9 Å². The van der Waals surface area contributed by atoms with E-state index in [0.717, 1.165) is 29.5 Å². The molecule has 5 rings (SSSR count). The van der Waals surface area contributed by atoms with E-state index in [1.807, 2.05) is 37.3 Å². The number of esters is 1. The molecule has 3 nitrogen and oxygen atoms in total. The molecule has 0 fully saturated rings. The fourth-order valence-electron chi connectivity index (χ4n) is 3.91. The van der Waals surface area contributed by atoms with Crippen LogP contribution in [0.4, 0.5) is 0 Å². The standard InChI is InChI=1S/C23H17NO2/c1-14-5-2-3-8-18(14)22-24-20(23(25)26-22)13-17-10-9-15-6-4-7-16-11-12-19(17)21(15)16/h2-10,13H,11-12H2,1H3. The summed E-state index contributed by atoms with van der Waals surface area (Å²) < 4.78 is 5.43. The molecule has 0 N–H and O–H groups in total. The van der Waals surface area contributed by atoms with Gasteiger partial charge in [0, 0.05) is 5.56 Å². The number of rotatable bonds is 2. The van der Waals surface area contributed by atoms with Crippen LogP contribution in [0.25, 0.3) is 16.8 Å². The number of benzene rings is 3. The van der Waals surface area contributed by atoms with Gasteiger partial charge < -0.3 is 4.74 Å². The molecule has 0 amide bonds. The van der Waals surface area contributed by atoms with E-state index >= 15 is 0 Å². The normalized spacial score (nSPS) is 17.0. The highest BCUT2D eigenvalue weighted by molar-refractivity contribution is 6.13. The molecule has 3 heteroatoms. The van der Waals surface area contributed by atoms with E-state index in [1.54, 1.807) is 0 Å². The second-order valence-corrected chi connectivity index (χ2v) is 6.80. The molecule has 0 saturated heterocycles. The number of carbonyl (C=O) groups excluding carboxylic acids is 1. The molecule has 1 heterocycles. The maximum absolute atomic E-state index is 12.3. The highest BCUT2D eigenvalue weighted by atomic mass is 16.6. The molecule has 0 aromatic heterocycles. The SMILES string of the molecule is Cc1ccccc1C1=NC(=Cc2ccc3cccc4c3c2CC4)C(=O)O1. The van der Waals surface area contributed by atoms with Crippen LogP contribution in [0.5, 0.6) is 0 Å². The van der Waals surface area contributed by atoms with E-state index in [4.69, 9.17) is 4.74 Å². The number of aryl methyl sites for hydroxylation is 3. The fourth-order valence-corrected chi connectivity index (χ4v) is 3.91. The van der Waals surface area contributed by atoms with Crippen LogP contribution in [-0.4, -0.2) is 11.9 Å². The van der Waals surface area contributed by atoms with Gasteiger partial charge in [-0.05, 0) is 64.9 Å². The van der Waals surface area contributed by atoms with Crippen LogP contribution < -0.4 is 0 Å².